The van der Waals surface area contributed by atoms with Crippen LogP contribution in [0.5, 0.6) is 0 Å². The molecule has 1 aromatic carbocycles. The minimum atomic E-state index is -4.59. The zero-order chi connectivity index (χ0) is 19.3. The molecule has 0 N–H and O–H groups in total. The fraction of sp³-hybridized carbons (Fsp3) is 0.556. The van der Waals surface area contributed by atoms with E-state index in [1.54, 1.807) is 11.0 Å². The summed E-state index contributed by atoms with van der Waals surface area (Å²) in [6, 6.07) is 5.12. The topological polar surface area (TPSA) is 56.6 Å². The molecule has 1 aliphatic heterocycles. The number of benzene rings is 1. The predicted octanol–water partition coefficient (Wildman–Crippen LogP) is 4.02. The lowest BCUT2D eigenvalue weighted by molar-refractivity contribution is -0.137. The second-order valence-corrected chi connectivity index (χ2v) is 6.30. The molecule has 1 aliphatic rings. The quantitative estimate of drug-likeness (QED) is 0.752. The molecular formula is C18H22F3N3O2. The van der Waals surface area contributed by atoms with Crippen LogP contribution in [-0.2, 0) is 10.9 Å². The van der Waals surface area contributed by atoms with Crippen LogP contribution in [0.2, 0.25) is 0 Å². The van der Waals surface area contributed by atoms with E-state index in [0.29, 0.717) is 31.9 Å². The summed E-state index contributed by atoms with van der Waals surface area (Å²) in [6.07, 6.45) is -3.25. The molecule has 0 bridgehead atoms. The van der Waals surface area contributed by atoms with E-state index in [1.165, 1.54) is 12.1 Å². The Morgan fingerprint density at radius 3 is 2.69 bits per heavy atom. The lowest BCUT2D eigenvalue weighted by Gasteiger charge is -2.41. The van der Waals surface area contributed by atoms with Gasteiger partial charge < -0.3 is 14.5 Å². The number of halogens is 3. The third-order valence-corrected chi connectivity index (χ3v) is 4.37. The Kier molecular flexibility index (Phi) is 6.35. The van der Waals surface area contributed by atoms with Crippen LogP contribution in [-0.4, -0.2) is 43.3 Å². The SMILES string of the molecule is CCCCOC(=O)N1CCN(c2ccc(C#N)c(C(F)(F)F)c2)C(C)C1. The van der Waals surface area contributed by atoms with Crippen molar-refractivity contribution in [1.82, 2.24) is 4.90 Å². The van der Waals surface area contributed by atoms with E-state index >= 15 is 0 Å². The number of hydrogen-bond acceptors (Lipinski definition) is 4. The summed E-state index contributed by atoms with van der Waals surface area (Å²) < 4.78 is 44.7. The molecule has 0 aliphatic carbocycles. The Morgan fingerprint density at radius 2 is 2.12 bits per heavy atom. The van der Waals surface area contributed by atoms with Crippen molar-refractivity contribution in [1.29, 1.82) is 5.26 Å². The van der Waals surface area contributed by atoms with Gasteiger partial charge in [-0.3, -0.25) is 0 Å². The smallest absolute Gasteiger partial charge is 0.417 e. The number of carbonyl (C=O) groups is 1. The Hall–Kier alpha value is -2.43. The summed E-state index contributed by atoms with van der Waals surface area (Å²) in [7, 11) is 0. The van der Waals surface area contributed by atoms with Crippen molar-refractivity contribution in [3.63, 3.8) is 0 Å². The van der Waals surface area contributed by atoms with Crippen LogP contribution in [0.3, 0.4) is 0 Å². The van der Waals surface area contributed by atoms with Crippen molar-refractivity contribution in [3.8, 4) is 6.07 Å². The maximum atomic E-state index is 13.2. The minimum absolute atomic E-state index is 0.170. The molecule has 1 fully saturated rings. The normalized spacial score (nSPS) is 17.8. The van der Waals surface area contributed by atoms with Crippen LogP contribution in [0.4, 0.5) is 23.7 Å². The van der Waals surface area contributed by atoms with E-state index in [1.807, 2.05) is 18.7 Å². The van der Waals surface area contributed by atoms with Gasteiger partial charge >= 0.3 is 12.3 Å². The number of piperazine rings is 1. The maximum absolute atomic E-state index is 13.2. The van der Waals surface area contributed by atoms with Gasteiger partial charge in [-0.15, -0.1) is 0 Å². The van der Waals surface area contributed by atoms with Crippen LogP contribution in [0, 0.1) is 11.3 Å². The molecule has 142 valence electrons. The summed E-state index contributed by atoms with van der Waals surface area (Å²) in [4.78, 5) is 15.4. The van der Waals surface area contributed by atoms with Gasteiger partial charge in [-0.05, 0) is 31.5 Å². The van der Waals surface area contributed by atoms with E-state index in [9.17, 15) is 18.0 Å². The van der Waals surface area contributed by atoms with Gasteiger partial charge in [0.25, 0.3) is 0 Å². The zero-order valence-corrected chi connectivity index (χ0v) is 14.8. The molecule has 1 heterocycles. The molecule has 0 radical (unpaired) electrons. The molecule has 1 atom stereocenters. The Balaban J connectivity index is 2.10. The van der Waals surface area contributed by atoms with Gasteiger partial charge in [0.05, 0.1) is 23.8 Å². The fourth-order valence-corrected chi connectivity index (χ4v) is 2.95. The predicted molar refractivity (Wildman–Crippen MR) is 90.8 cm³/mol. The molecule has 5 nitrogen and oxygen atoms in total. The number of alkyl halides is 3. The van der Waals surface area contributed by atoms with Crippen molar-refractivity contribution < 1.29 is 22.7 Å². The number of nitrogens with zero attached hydrogens (tertiary/aromatic N) is 3. The Labute approximate surface area is 150 Å². The van der Waals surface area contributed by atoms with E-state index in [4.69, 9.17) is 10.00 Å². The molecule has 1 saturated heterocycles. The summed E-state index contributed by atoms with van der Waals surface area (Å²) >= 11 is 0. The molecule has 0 saturated carbocycles. The molecule has 1 aromatic rings. The molecular weight excluding hydrogens is 347 g/mol. The van der Waals surface area contributed by atoms with Gasteiger partial charge in [-0.2, -0.15) is 18.4 Å². The fourth-order valence-electron chi connectivity index (χ4n) is 2.95. The summed E-state index contributed by atoms with van der Waals surface area (Å²) in [5.41, 5.74) is -0.944. The van der Waals surface area contributed by atoms with Crippen molar-refractivity contribution in [2.75, 3.05) is 31.1 Å². The first-order valence-electron chi connectivity index (χ1n) is 8.57. The standard InChI is InChI=1S/C18H22F3N3O2/c1-3-4-9-26-17(25)23-7-8-24(13(2)12-23)15-6-5-14(11-22)16(10-15)18(19,20)21/h5-6,10,13H,3-4,7-9,12H2,1-2H3. The summed E-state index contributed by atoms with van der Waals surface area (Å²) in [5.74, 6) is 0. The number of ether oxygens (including phenoxy) is 1. The van der Waals surface area contributed by atoms with Crippen LogP contribution in [0.15, 0.2) is 18.2 Å². The summed E-state index contributed by atoms with van der Waals surface area (Å²) in [6.45, 7) is 5.35. The average molecular weight is 369 g/mol. The number of rotatable bonds is 4. The maximum Gasteiger partial charge on any atom is 0.417 e. The van der Waals surface area contributed by atoms with Crippen molar-refractivity contribution in [3.05, 3.63) is 29.3 Å². The molecule has 0 spiro atoms. The lowest BCUT2D eigenvalue weighted by atomic mass is 10.0. The highest BCUT2D eigenvalue weighted by Gasteiger charge is 2.35. The summed E-state index contributed by atoms with van der Waals surface area (Å²) in [5, 5.41) is 8.90. The first-order chi connectivity index (χ1) is 12.3. The second-order valence-electron chi connectivity index (χ2n) is 6.30. The van der Waals surface area contributed by atoms with Crippen LogP contribution >= 0.6 is 0 Å². The van der Waals surface area contributed by atoms with E-state index in [-0.39, 0.29) is 12.1 Å². The third kappa shape index (κ3) is 4.59. The van der Waals surface area contributed by atoms with Crippen LogP contribution in [0.1, 0.15) is 37.8 Å². The highest BCUT2D eigenvalue weighted by molar-refractivity contribution is 5.68. The zero-order valence-electron chi connectivity index (χ0n) is 14.8. The highest BCUT2D eigenvalue weighted by Crippen LogP contribution is 2.35. The minimum Gasteiger partial charge on any atom is -0.449 e. The van der Waals surface area contributed by atoms with E-state index in [0.717, 1.165) is 18.9 Å². The number of anilines is 1. The molecule has 8 heteroatoms. The second kappa shape index (κ2) is 8.30. The highest BCUT2D eigenvalue weighted by atomic mass is 19.4. The number of unbranched alkanes of at least 4 members (excludes halogenated alkanes) is 1. The van der Waals surface area contributed by atoms with Gasteiger partial charge in [-0.25, -0.2) is 4.79 Å². The number of hydrogen-bond donors (Lipinski definition) is 0. The molecule has 26 heavy (non-hydrogen) atoms. The van der Waals surface area contributed by atoms with Gasteiger partial charge in [0.2, 0.25) is 0 Å². The number of amides is 1. The number of nitriles is 1. The molecule has 2 rings (SSSR count). The monoisotopic (exact) mass is 369 g/mol. The van der Waals surface area contributed by atoms with E-state index < -0.39 is 17.3 Å². The van der Waals surface area contributed by atoms with E-state index in [2.05, 4.69) is 0 Å². The average Bonchev–Trinajstić information content (AvgIpc) is 2.60. The van der Waals surface area contributed by atoms with Crippen LogP contribution in [0.25, 0.3) is 0 Å². The lowest BCUT2D eigenvalue weighted by Crippen LogP contribution is -2.54. The van der Waals surface area contributed by atoms with Crippen molar-refractivity contribution >= 4 is 11.8 Å². The third-order valence-electron chi connectivity index (χ3n) is 4.37. The van der Waals surface area contributed by atoms with Gasteiger partial charge in [0, 0.05) is 31.4 Å². The Bertz CT molecular complexity index is 685. The molecule has 0 aromatic heterocycles. The largest absolute Gasteiger partial charge is 0.449 e. The Morgan fingerprint density at radius 1 is 1.38 bits per heavy atom. The molecule has 1 unspecified atom stereocenters. The first-order valence-corrected chi connectivity index (χ1v) is 8.57. The van der Waals surface area contributed by atoms with Gasteiger partial charge in [0.15, 0.2) is 0 Å². The van der Waals surface area contributed by atoms with Gasteiger partial charge in [-0.1, -0.05) is 13.3 Å². The first kappa shape index (κ1) is 19.9. The van der Waals surface area contributed by atoms with Crippen molar-refractivity contribution in [2.45, 2.75) is 38.9 Å². The molecule has 1 amide bonds. The number of carbonyl (C=O) groups excluding carboxylic acids is 1. The van der Waals surface area contributed by atoms with Crippen molar-refractivity contribution in [2.24, 2.45) is 0 Å². The van der Waals surface area contributed by atoms with Crippen LogP contribution < -0.4 is 4.90 Å². The van der Waals surface area contributed by atoms with Gasteiger partial charge in [0.1, 0.15) is 0 Å².